The van der Waals surface area contributed by atoms with Crippen molar-refractivity contribution in [1.29, 1.82) is 0 Å². The number of rotatable bonds is 0. The number of para-hydroxylation sites is 3. The molecule has 8 heterocycles. The van der Waals surface area contributed by atoms with E-state index < -0.39 is 0 Å². The van der Waals surface area contributed by atoms with Gasteiger partial charge in [-0.3, -0.25) is 39.9 Å². The molecule has 0 aliphatic carbocycles. The molecule has 0 saturated carbocycles. The highest BCUT2D eigenvalue weighted by Crippen LogP contribution is 2.43. The van der Waals surface area contributed by atoms with Crippen LogP contribution in [0.3, 0.4) is 0 Å². The molecule has 0 fully saturated rings. The number of hydrogen-bond donors (Lipinski definition) is 0. The highest BCUT2D eigenvalue weighted by molar-refractivity contribution is 6.33. The van der Waals surface area contributed by atoms with E-state index in [-0.39, 0.29) is 0 Å². The van der Waals surface area contributed by atoms with Gasteiger partial charge in [0.15, 0.2) is 11.3 Å². The Hall–Kier alpha value is -14.6. The molecule has 480 valence electrons. The van der Waals surface area contributed by atoms with Gasteiger partial charge in [0.1, 0.15) is 33.1 Å². The van der Waals surface area contributed by atoms with Crippen molar-refractivity contribution in [1.82, 2.24) is 74.8 Å². The van der Waals surface area contributed by atoms with Crippen LogP contribution in [0.25, 0.3) is 218 Å². The molecule has 0 radical (unpaired) electrons. The third kappa shape index (κ3) is 9.27. The number of hydrogen-bond acceptors (Lipinski definition) is 15. The fourth-order valence-corrected chi connectivity index (χ4v) is 15.4. The fourth-order valence-electron chi connectivity index (χ4n) is 15.4. The lowest BCUT2D eigenvalue weighted by molar-refractivity contribution is 1.20. The van der Waals surface area contributed by atoms with E-state index in [2.05, 4.69) is 222 Å². The van der Waals surface area contributed by atoms with Crippen molar-refractivity contribution in [2.75, 3.05) is 0 Å². The minimum Gasteiger partial charge on any atom is -0.252 e. The molecule has 15 heteroatoms. The van der Waals surface area contributed by atoms with Gasteiger partial charge in [-0.1, -0.05) is 200 Å². The standard InChI is InChI=1S/C24H14N2.C23H13N3.C22H12N4.C20H10N6/c1-2-7-17-14-21-20(13-16(17)6-1)19-10-9-15-5-3-4-8-18(15)22(19)24-23(21)25-11-12-26-24;1-3-7-16-14(5-1)9-10-17-18-13-15-6-2-4-8-19(15)26-21(18)23-22(20(16)17)24-11-12-25-23;1-2-6-14-13(5-1)9-10-15-18(14)20-21(24-12-11-23-20)22-19(15)25-16-7-3-4-8-17(16)26-22;1-2-4-12-11(3-1)5-6-13-14(12)16-17(22-8-7-21-16)18-15(13)25-19-20(26-18)24-10-9-23-19/h1-14H;1-13H;1-12H;1-10H. The van der Waals surface area contributed by atoms with Crippen molar-refractivity contribution in [3.63, 3.8) is 0 Å². The van der Waals surface area contributed by atoms with Crippen LogP contribution in [0.1, 0.15) is 0 Å². The van der Waals surface area contributed by atoms with Crippen molar-refractivity contribution < 1.29 is 0 Å². The zero-order valence-corrected chi connectivity index (χ0v) is 55.0. The second-order valence-electron chi connectivity index (χ2n) is 25.7. The molecular formula is C89H49N15. The quantitative estimate of drug-likeness (QED) is 0.103. The monoisotopic (exact) mass is 1330 g/mol. The Morgan fingerprint density at radius 1 is 0.144 bits per heavy atom. The molecule has 104 heavy (non-hydrogen) atoms. The van der Waals surface area contributed by atoms with Gasteiger partial charge in [0.2, 0.25) is 0 Å². The van der Waals surface area contributed by atoms with Crippen LogP contribution < -0.4 is 0 Å². The molecule has 0 atom stereocenters. The Morgan fingerprint density at radius 3 is 0.913 bits per heavy atom. The summed E-state index contributed by atoms with van der Waals surface area (Å²) in [5.74, 6) is 0. The molecule has 0 aliphatic rings. The second-order valence-corrected chi connectivity index (χ2v) is 25.7. The average molecular weight is 1330 g/mol. The van der Waals surface area contributed by atoms with E-state index in [1.165, 1.54) is 59.2 Å². The Balaban J connectivity index is 0.0000000896. The molecule has 0 spiro atoms. The van der Waals surface area contributed by atoms with Crippen molar-refractivity contribution in [2.45, 2.75) is 0 Å². The molecule has 8 aromatic heterocycles. The average Bonchev–Trinajstić information content (AvgIpc) is 0.744. The maximum atomic E-state index is 4.93. The van der Waals surface area contributed by atoms with E-state index in [4.69, 9.17) is 34.9 Å². The number of benzene rings is 16. The first-order valence-corrected chi connectivity index (χ1v) is 34.1. The second kappa shape index (κ2) is 23.5. The first-order chi connectivity index (χ1) is 51.6. The molecule has 0 bridgehead atoms. The largest absolute Gasteiger partial charge is 0.252 e. The van der Waals surface area contributed by atoms with E-state index in [1.54, 1.807) is 62.0 Å². The van der Waals surface area contributed by atoms with E-state index in [0.29, 0.717) is 16.8 Å². The lowest BCUT2D eigenvalue weighted by Gasteiger charge is -2.12. The maximum absolute atomic E-state index is 4.93. The molecular weight excluding hydrogens is 1280 g/mol. The summed E-state index contributed by atoms with van der Waals surface area (Å²) < 4.78 is 0. The highest BCUT2D eigenvalue weighted by Gasteiger charge is 2.21. The van der Waals surface area contributed by atoms with Gasteiger partial charge in [-0.15, -0.1) is 0 Å². The Bertz CT molecular complexity index is 6830. The molecule has 15 nitrogen and oxygen atoms in total. The molecule has 24 rings (SSSR count). The summed E-state index contributed by atoms with van der Waals surface area (Å²) in [5, 5.41) is 25.5. The molecule has 0 aliphatic heterocycles. The van der Waals surface area contributed by atoms with Gasteiger partial charge in [0.05, 0.1) is 55.2 Å². The van der Waals surface area contributed by atoms with Crippen LogP contribution in [0.2, 0.25) is 0 Å². The van der Waals surface area contributed by atoms with Gasteiger partial charge in [-0.05, 0) is 106 Å². The van der Waals surface area contributed by atoms with E-state index in [1.807, 2.05) is 54.6 Å². The van der Waals surface area contributed by atoms with Gasteiger partial charge in [-0.25, -0.2) is 34.9 Å². The predicted octanol–water partition coefficient (Wildman–Crippen LogP) is 20.7. The van der Waals surface area contributed by atoms with Crippen LogP contribution in [0.4, 0.5) is 0 Å². The van der Waals surface area contributed by atoms with E-state index in [0.717, 1.165) is 142 Å². The fraction of sp³-hybridized carbons (Fsp3) is 0. The maximum Gasteiger partial charge on any atom is 0.198 e. The normalized spacial score (nSPS) is 11.8. The minimum absolute atomic E-state index is 0.507. The SMILES string of the molecule is c1ccc2c(c1)ccc1c3nc4ccccc4nc3c3nccnc3c21.c1ccc2c(c1)ccc1c3nc4nccnc4nc3c3nccnc3c21.c1ccc2cc3c(cc2c1)c1ccc2ccccc2c1c1nccnc31.c1ccc2nc3c(cc2c1)c1ccc2ccccc2c1c1nccnc31. The van der Waals surface area contributed by atoms with E-state index in [9.17, 15) is 0 Å². The zero-order chi connectivity index (χ0) is 68.3. The summed E-state index contributed by atoms with van der Waals surface area (Å²) in [7, 11) is 0. The molecule has 24 aromatic rings. The lowest BCUT2D eigenvalue weighted by atomic mass is 9.93. The van der Waals surface area contributed by atoms with Gasteiger partial charge >= 0.3 is 0 Å². The summed E-state index contributed by atoms with van der Waals surface area (Å²) >= 11 is 0. The number of nitrogens with zero attached hydrogens (tertiary/aromatic N) is 15. The highest BCUT2D eigenvalue weighted by atomic mass is 15.0. The van der Waals surface area contributed by atoms with Gasteiger partial charge in [0.25, 0.3) is 0 Å². The van der Waals surface area contributed by atoms with Gasteiger partial charge in [-0.2, -0.15) is 0 Å². The lowest BCUT2D eigenvalue weighted by Crippen LogP contribution is -1.96. The van der Waals surface area contributed by atoms with Crippen LogP contribution in [-0.2, 0) is 0 Å². The van der Waals surface area contributed by atoms with Crippen LogP contribution >= 0.6 is 0 Å². The summed E-state index contributed by atoms with van der Waals surface area (Å²) in [6, 6.07) is 82.2. The summed E-state index contributed by atoms with van der Waals surface area (Å²) in [6.45, 7) is 0. The third-order valence-electron chi connectivity index (χ3n) is 20.0. The van der Waals surface area contributed by atoms with Gasteiger partial charge in [0, 0.05) is 110 Å². The van der Waals surface area contributed by atoms with Crippen LogP contribution in [0, 0.1) is 0 Å². The Kier molecular flexibility index (Phi) is 13.2. The Labute approximate surface area is 588 Å². The molecule has 0 N–H and O–H groups in total. The summed E-state index contributed by atoms with van der Waals surface area (Å²) in [6.07, 6.45) is 17.2. The molecule has 0 amide bonds. The number of pyridine rings is 1. The van der Waals surface area contributed by atoms with Crippen molar-refractivity contribution in [3.8, 4) is 0 Å². The molecule has 0 unspecified atom stereocenters. The summed E-state index contributed by atoms with van der Waals surface area (Å²) in [5.41, 5.74) is 14.8. The first-order valence-electron chi connectivity index (χ1n) is 34.1. The molecule has 0 saturated heterocycles. The minimum atomic E-state index is 0.507. The Morgan fingerprint density at radius 2 is 0.423 bits per heavy atom. The van der Waals surface area contributed by atoms with Crippen LogP contribution in [0.15, 0.2) is 299 Å². The topological polar surface area (TPSA) is 193 Å². The van der Waals surface area contributed by atoms with Crippen LogP contribution in [-0.4, -0.2) is 74.8 Å². The third-order valence-corrected chi connectivity index (χ3v) is 20.0. The van der Waals surface area contributed by atoms with E-state index >= 15 is 0 Å². The van der Waals surface area contributed by atoms with Crippen molar-refractivity contribution >= 4 is 218 Å². The van der Waals surface area contributed by atoms with Crippen LogP contribution in [0.5, 0.6) is 0 Å². The number of fused-ring (bicyclic) bond motifs is 36. The predicted molar refractivity (Wildman–Crippen MR) is 423 cm³/mol. The number of aromatic nitrogens is 15. The first kappa shape index (κ1) is 58.4. The molecule has 16 aromatic carbocycles. The van der Waals surface area contributed by atoms with Crippen molar-refractivity contribution in [3.05, 3.63) is 299 Å². The smallest absolute Gasteiger partial charge is 0.198 e. The summed E-state index contributed by atoms with van der Waals surface area (Å²) in [4.78, 5) is 70.0. The van der Waals surface area contributed by atoms with Crippen molar-refractivity contribution in [2.24, 2.45) is 0 Å². The van der Waals surface area contributed by atoms with Gasteiger partial charge < -0.3 is 0 Å². The zero-order valence-electron chi connectivity index (χ0n) is 55.0.